The number of benzene rings is 4. The van der Waals surface area contributed by atoms with Crippen molar-refractivity contribution in [1.82, 2.24) is 0 Å². The number of hydrogen-bond acceptors (Lipinski definition) is 9. The van der Waals surface area contributed by atoms with E-state index in [1.807, 2.05) is 41.5 Å². The number of rotatable bonds is 11. The molecule has 4 aromatic carbocycles. The highest BCUT2D eigenvalue weighted by Crippen LogP contribution is 2.36. The Morgan fingerprint density at radius 2 is 1.02 bits per heavy atom. The molecule has 0 heterocycles. The van der Waals surface area contributed by atoms with Gasteiger partial charge < -0.3 is 17.8 Å². The molecule has 252 valence electrons. The Morgan fingerprint density at radius 1 is 0.574 bits per heavy atom. The predicted octanol–water partition coefficient (Wildman–Crippen LogP) is 7.99. The number of carbonyl (C=O) groups excluding carboxylic acids is 1. The fourth-order valence-electron chi connectivity index (χ4n) is 4.47. The SMILES string of the molecule is COc1cc(C(C)C)c(OS(=O)(=O)c2ccc(C)cc2)cc1C(C)=O.COc1ccc(OS(=O)(=O)c2ccc(C)cc2)c(C(C)C)c1. The molecule has 0 spiro atoms. The zero-order valence-corrected chi connectivity index (χ0v) is 29.8. The van der Waals surface area contributed by atoms with Gasteiger partial charge >= 0.3 is 20.2 Å². The van der Waals surface area contributed by atoms with Gasteiger partial charge in [0.15, 0.2) is 5.78 Å². The number of ketones is 1. The lowest BCUT2D eigenvalue weighted by Crippen LogP contribution is -2.12. The van der Waals surface area contributed by atoms with Crippen LogP contribution in [0.5, 0.6) is 23.0 Å². The van der Waals surface area contributed by atoms with Gasteiger partial charge in [-0.05, 0) is 87.2 Å². The Kier molecular flexibility index (Phi) is 12.2. The number of Topliss-reactive ketones (excluding diaryl/α,β-unsaturated/α-hetero) is 1. The van der Waals surface area contributed by atoms with Crippen LogP contribution in [0.25, 0.3) is 0 Å². The minimum absolute atomic E-state index is 0.0156. The van der Waals surface area contributed by atoms with Gasteiger partial charge in [0.1, 0.15) is 32.8 Å². The van der Waals surface area contributed by atoms with Crippen molar-refractivity contribution in [2.24, 2.45) is 0 Å². The Balaban J connectivity index is 0.000000257. The quantitative estimate of drug-likeness (QED) is 0.114. The second kappa shape index (κ2) is 15.5. The first-order chi connectivity index (χ1) is 22.0. The van der Waals surface area contributed by atoms with Crippen LogP contribution in [0.4, 0.5) is 0 Å². The molecule has 0 atom stereocenters. The molecule has 0 bridgehead atoms. The molecule has 0 amide bonds. The topological polar surface area (TPSA) is 122 Å². The fourth-order valence-corrected chi connectivity index (χ4v) is 6.37. The van der Waals surface area contributed by atoms with E-state index in [1.165, 1.54) is 32.2 Å². The monoisotopic (exact) mass is 682 g/mol. The van der Waals surface area contributed by atoms with Crippen LogP contribution in [0.1, 0.15) is 79.1 Å². The number of ether oxygens (including phenoxy) is 2. The molecular weight excluding hydrogens is 641 g/mol. The van der Waals surface area contributed by atoms with Gasteiger partial charge in [-0.1, -0.05) is 63.1 Å². The van der Waals surface area contributed by atoms with E-state index >= 15 is 0 Å². The summed E-state index contributed by atoms with van der Waals surface area (Å²) >= 11 is 0. The maximum Gasteiger partial charge on any atom is 0.339 e. The standard InChI is InChI=1S/C19H22O5S.C17H20O4S/c1-12(2)16-10-18(23-5)17(14(4)20)11-19(16)24-25(21,22)15-8-6-13(3)7-9-15;1-12(2)16-11-14(20-4)7-10-17(16)21-22(18,19)15-8-5-13(3)6-9-15/h6-12H,1-5H3;5-12H,1-4H3. The molecule has 0 saturated carbocycles. The van der Waals surface area contributed by atoms with Crippen molar-refractivity contribution < 1.29 is 39.5 Å². The van der Waals surface area contributed by atoms with Gasteiger partial charge in [0.2, 0.25) is 0 Å². The first-order valence-corrected chi connectivity index (χ1v) is 17.7. The van der Waals surface area contributed by atoms with Crippen LogP contribution in [-0.4, -0.2) is 36.8 Å². The average molecular weight is 683 g/mol. The number of methoxy groups -OCH3 is 2. The molecule has 0 aliphatic heterocycles. The van der Waals surface area contributed by atoms with Crippen LogP contribution >= 0.6 is 0 Å². The van der Waals surface area contributed by atoms with E-state index in [1.54, 1.807) is 67.8 Å². The first-order valence-electron chi connectivity index (χ1n) is 14.9. The molecule has 0 N–H and O–H groups in total. The van der Waals surface area contributed by atoms with Crippen molar-refractivity contribution in [3.8, 4) is 23.0 Å². The van der Waals surface area contributed by atoms with Crippen LogP contribution in [0.3, 0.4) is 0 Å². The van der Waals surface area contributed by atoms with E-state index in [-0.39, 0.29) is 38.7 Å². The second-order valence-corrected chi connectivity index (χ2v) is 14.7. The van der Waals surface area contributed by atoms with Crippen LogP contribution in [0.2, 0.25) is 0 Å². The van der Waals surface area contributed by atoms with E-state index in [4.69, 9.17) is 17.8 Å². The van der Waals surface area contributed by atoms with Crippen molar-refractivity contribution in [3.63, 3.8) is 0 Å². The predicted molar refractivity (Wildman–Crippen MR) is 182 cm³/mol. The summed E-state index contributed by atoms with van der Waals surface area (Å²) in [5.41, 5.74) is 3.66. The maximum atomic E-state index is 12.6. The second-order valence-electron chi connectivity index (χ2n) is 11.6. The zero-order valence-electron chi connectivity index (χ0n) is 28.2. The molecule has 0 aliphatic carbocycles. The van der Waals surface area contributed by atoms with E-state index in [0.717, 1.165) is 16.7 Å². The molecule has 9 nitrogen and oxygen atoms in total. The summed E-state index contributed by atoms with van der Waals surface area (Å²) in [4.78, 5) is 12.1. The summed E-state index contributed by atoms with van der Waals surface area (Å²) in [6.07, 6.45) is 0. The normalized spacial score (nSPS) is 11.5. The van der Waals surface area contributed by atoms with E-state index in [9.17, 15) is 21.6 Å². The zero-order chi connectivity index (χ0) is 35.1. The lowest BCUT2D eigenvalue weighted by Gasteiger charge is -2.17. The minimum atomic E-state index is -4.00. The molecule has 0 saturated heterocycles. The first kappa shape index (κ1) is 37.1. The minimum Gasteiger partial charge on any atom is -0.497 e. The highest BCUT2D eigenvalue weighted by Gasteiger charge is 2.23. The molecule has 47 heavy (non-hydrogen) atoms. The van der Waals surface area contributed by atoms with Crippen molar-refractivity contribution in [1.29, 1.82) is 0 Å². The smallest absolute Gasteiger partial charge is 0.339 e. The van der Waals surface area contributed by atoms with Gasteiger partial charge in [0.25, 0.3) is 0 Å². The summed E-state index contributed by atoms with van der Waals surface area (Å²) in [7, 11) is -4.81. The Hall–Kier alpha value is -4.35. The lowest BCUT2D eigenvalue weighted by atomic mass is 9.98. The van der Waals surface area contributed by atoms with E-state index < -0.39 is 20.2 Å². The molecule has 4 rings (SSSR count). The van der Waals surface area contributed by atoms with Gasteiger partial charge in [-0.2, -0.15) is 16.8 Å². The summed E-state index contributed by atoms with van der Waals surface area (Å²) in [6, 6.07) is 21.2. The number of carbonyl (C=O) groups is 1. The van der Waals surface area contributed by atoms with E-state index in [2.05, 4.69) is 0 Å². The molecule has 0 unspecified atom stereocenters. The van der Waals surface area contributed by atoms with Gasteiger partial charge in [0, 0.05) is 11.1 Å². The summed E-state index contributed by atoms with van der Waals surface area (Å²) in [5.74, 6) is 1.40. The highest BCUT2D eigenvalue weighted by atomic mass is 32.2. The maximum absolute atomic E-state index is 12.6. The van der Waals surface area contributed by atoms with Crippen LogP contribution in [0, 0.1) is 13.8 Å². The third-order valence-corrected chi connectivity index (χ3v) is 9.69. The molecule has 0 aromatic heterocycles. The number of aryl methyl sites for hydroxylation is 2. The van der Waals surface area contributed by atoms with Crippen LogP contribution < -0.4 is 17.8 Å². The summed E-state index contributed by atoms with van der Waals surface area (Å²) in [5, 5.41) is 0. The fraction of sp³-hybridized carbons (Fsp3) is 0.306. The molecular formula is C36H42O9S2. The average Bonchev–Trinajstić information content (AvgIpc) is 3.01. The Morgan fingerprint density at radius 3 is 1.43 bits per heavy atom. The molecule has 4 aromatic rings. The Labute approximate surface area is 278 Å². The Bertz CT molecular complexity index is 1910. The van der Waals surface area contributed by atoms with E-state index in [0.29, 0.717) is 22.8 Å². The third kappa shape index (κ3) is 9.59. The summed E-state index contributed by atoms with van der Waals surface area (Å²) < 4.78 is 71.1. The highest BCUT2D eigenvalue weighted by molar-refractivity contribution is 7.87. The van der Waals surface area contributed by atoms with Crippen LogP contribution in [-0.2, 0) is 20.2 Å². The van der Waals surface area contributed by atoms with Gasteiger partial charge in [0.05, 0.1) is 19.8 Å². The largest absolute Gasteiger partial charge is 0.497 e. The van der Waals surface area contributed by atoms with Gasteiger partial charge in [-0.3, -0.25) is 4.79 Å². The number of hydrogen-bond donors (Lipinski definition) is 0. The lowest BCUT2D eigenvalue weighted by molar-refractivity contribution is 0.101. The van der Waals surface area contributed by atoms with Crippen molar-refractivity contribution in [2.45, 2.75) is 70.1 Å². The van der Waals surface area contributed by atoms with Crippen molar-refractivity contribution in [3.05, 3.63) is 107 Å². The summed E-state index contributed by atoms with van der Waals surface area (Å²) in [6.45, 7) is 12.9. The van der Waals surface area contributed by atoms with Gasteiger partial charge in [-0.15, -0.1) is 0 Å². The van der Waals surface area contributed by atoms with Gasteiger partial charge in [-0.25, -0.2) is 0 Å². The van der Waals surface area contributed by atoms with Crippen molar-refractivity contribution >= 4 is 26.0 Å². The molecule has 0 fully saturated rings. The third-order valence-electron chi connectivity index (χ3n) is 7.19. The van der Waals surface area contributed by atoms with Crippen molar-refractivity contribution in [2.75, 3.05) is 14.2 Å². The molecule has 11 heteroatoms. The van der Waals surface area contributed by atoms with Crippen LogP contribution in [0.15, 0.2) is 88.7 Å². The molecule has 0 aliphatic rings. The molecule has 0 radical (unpaired) electrons.